The minimum absolute atomic E-state index is 0.0858. The first-order chi connectivity index (χ1) is 8.95. The van der Waals surface area contributed by atoms with Crippen molar-refractivity contribution in [2.24, 2.45) is 0 Å². The maximum atomic E-state index is 13.2. The van der Waals surface area contributed by atoms with Crippen LogP contribution in [0, 0.1) is 5.82 Å². The van der Waals surface area contributed by atoms with Gasteiger partial charge < -0.3 is 14.7 Å². The highest BCUT2D eigenvalue weighted by Crippen LogP contribution is 2.28. The van der Waals surface area contributed by atoms with Crippen LogP contribution in [0.25, 0.3) is 0 Å². The predicted molar refractivity (Wildman–Crippen MR) is 70.0 cm³/mol. The summed E-state index contributed by atoms with van der Waals surface area (Å²) in [6, 6.07) is 4.15. The number of benzene rings is 1. The van der Waals surface area contributed by atoms with Crippen molar-refractivity contribution >= 4 is 12.0 Å². The molecule has 104 valence electrons. The number of carbonyl (C=O) groups is 1. The largest absolute Gasteiger partial charge is 0.394 e. The van der Waals surface area contributed by atoms with Gasteiger partial charge in [-0.2, -0.15) is 0 Å². The number of rotatable bonds is 3. The monoisotopic (exact) mass is 267 g/mol. The Bertz CT molecular complexity index is 476. The second kappa shape index (κ2) is 5.27. The van der Waals surface area contributed by atoms with Crippen molar-refractivity contribution in [1.82, 2.24) is 0 Å². The average molecular weight is 267 g/mol. The van der Waals surface area contributed by atoms with Crippen molar-refractivity contribution in [3.05, 3.63) is 29.6 Å². The molecular weight excluding hydrogens is 249 g/mol. The lowest BCUT2D eigenvalue weighted by atomic mass is 10.0. The summed E-state index contributed by atoms with van der Waals surface area (Å²) in [4.78, 5) is 13.0. The van der Waals surface area contributed by atoms with Crippen LogP contribution in [-0.4, -0.2) is 42.8 Å². The molecule has 1 N–H and O–H groups in total. The van der Waals surface area contributed by atoms with Gasteiger partial charge >= 0.3 is 0 Å². The lowest BCUT2D eigenvalue weighted by Gasteiger charge is -2.43. The number of aliphatic hydroxyl groups is 1. The first-order valence-electron chi connectivity index (χ1n) is 6.23. The molecule has 1 fully saturated rings. The van der Waals surface area contributed by atoms with Gasteiger partial charge in [-0.05, 0) is 32.0 Å². The molecule has 0 radical (unpaired) electrons. The van der Waals surface area contributed by atoms with E-state index >= 15 is 0 Å². The molecule has 4 nitrogen and oxygen atoms in total. The zero-order chi connectivity index (χ0) is 14.0. The number of ether oxygens (including phenoxy) is 1. The first-order valence-corrected chi connectivity index (χ1v) is 6.23. The van der Waals surface area contributed by atoms with Crippen LogP contribution in [0.4, 0.5) is 10.1 Å². The van der Waals surface area contributed by atoms with Gasteiger partial charge in [-0.1, -0.05) is 0 Å². The Morgan fingerprint density at radius 2 is 2.32 bits per heavy atom. The summed E-state index contributed by atoms with van der Waals surface area (Å²) in [5, 5.41) is 9.28. The van der Waals surface area contributed by atoms with Crippen LogP contribution in [0.2, 0.25) is 0 Å². The molecule has 1 aromatic carbocycles. The smallest absolute Gasteiger partial charge is 0.152 e. The van der Waals surface area contributed by atoms with Crippen molar-refractivity contribution in [2.75, 3.05) is 24.6 Å². The van der Waals surface area contributed by atoms with Gasteiger partial charge in [0.2, 0.25) is 0 Å². The van der Waals surface area contributed by atoms with Gasteiger partial charge in [0, 0.05) is 24.3 Å². The van der Waals surface area contributed by atoms with E-state index < -0.39 is 11.4 Å². The van der Waals surface area contributed by atoms with Crippen LogP contribution in [0.1, 0.15) is 24.2 Å². The number of anilines is 1. The number of hydrogen-bond donors (Lipinski definition) is 1. The Balaban J connectivity index is 2.32. The maximum Gasteiger partial charge on any atom is 0.152 e. The molecule has 2 rings (SSSR count). The van der Waals surface area contributed by atoms with E-state index in [9.17, 15) is 14.3 Å². The van der Waals surface area contributed by atoms with Crippen molar-refractivity contribution in [3.8, 4) is 0 Å². The number of aldehydes is 1. The minimum atomic E-state index is -0.433. The summed E-state index contributed by atoms with van der Waals surface area (Å²) in [6.07, 6.45) is 0.336. The Hall–Kier alpha value is -1.46. The summed E-state index contributed by atoms with van der Waals surface area (Å²) < 4.78 is 18.9. The highest BCUT2D eigenvalue weighted by molar-refractivity contribution is 5.84. The molecule has 0 bridgehead atoms. The zero-order valence-corrected chi connectivity index (χ0v) is 11.1. The Kier molecular flexibility index (Phi) is 3.87. The van der Waals surface area contributed by atoms with E-state index in [1.54, 1.807) is 6.07 Å². The minimum Gasteiger partial charge on any atom is -0.394 e. The van der Waals surface area contributed by atoms with E-state index in [1.807, 2.05) is 18.7 Å². The number of carbonyl (C=O) groups excluding carboxylic acids is 1. The van der Waals surface area contributed by atoms with Crippen LogP contribution in [0.5, 0.6) is 0 Å². The molecule has 0 aliphatic carbocycles. The van der Waals surface area contributed by atoms with Gasteiger partial charge in [-0.25, -0.2) is 4.39 Å². The normalized spacial score (nSPS) is 22.3. The predicted octanol–water partition coefficient (Wildman–Crippen LogP) is 1.61. The van der Waals surface area contributed by atoms with Gasteiger partial charge in [0.25, 0.3) is 0 Å². The Morgan fingerprint density at radius 3 is 2.95 bits per heavy atom. The molecule has 0 spiro atoms. The van der Waals surface area contributed by atoms with Gasteiger partial charge in [0.15, 0.2) is 6.29 Å². The van der Waals surface area contributed by atoms with Crippen LogP contribution in [0.3, 0.4) is 0 Å². The molecule has 19 heavy (non-hydrogen) atoms. The van der Waals surface area contributed by atoms with Gasteiger partial charge in [0.1, 0.15) is 5.82 Å². The summed E-state index contributed by atoms with van der Waals surface area (Å²) >= 11 is 0. The molecule has 1 aliphatic rings. The van der Waals surface area contributed by atoms with Gasteiger partial charge in [0.05, 0.1) is 18.3 Å². The molecule has 1 saturated heterocycles. The van der Waals surface area contributed by atoms with Gasteiger partial charge in [-0.15, -0.1) is 0 Å². The van der Waals surface area contributed by atoms with E-state index in [-0.39, 0.29) is 12.7 Å². The van der Waals surface area contributed by atoms with Crippen LogP contribution in [0.15, 0.2) is 18.2 Å². The van der Waals surface area contributed by atoms with Crippen molar-refractivity contribution in [2.45, 2.75) is 25.6 Å². The Morgan fingerprint density at radius 1 is 1.58 bits per heavy atom. The summed E-state index contributed by atoms with van der Waals surface area (Å²) in [6.45, 7) is 4.82. The lowest BCUT2D eigenvalue weighted by molar-refractivity contribution is -0.101. The van der Waals surface area contributed by atoms with E-state index in [2.05, 4.69) is 0 Å². The molecule has 1 heterocycles. The van der Waals surface area contributed by atoms with E-state index in [1.165, 1.54) is 12.1 Å². The number of aliphatic hydroxyl groups excluding tert-OH is 1. The fourth-order valence-electron chi connectivity index (χ4n) is 2.48. The van der Waals surface area contributed by atoms with Crippen molar-refractivity contribution in [1.29, 1.82) is 0 Å². The molecule has 0 saturated carbocycles. The number of halogens is 1. The quantitative estimate of drug-likeness (QED) is 0.845. The van der Waals surface area contributed by atoms with E-state index in [0.717, 1.165) is 0 Å². The van der Waals surface area contributed by atoms with Crippen LogP contribution < -0.4 is 4.90 Å². The second-order valence-electron chi connectivity index (χ2n) is 5.38. The zero-order valence-electron chi connectivity index (χ0n) is 11.1. The number of morpholine rings is 1. The maximum absolute atomic E-state index is 13.2. The highest BCUT2D eigenvalue weighted by atomic mass is 19.1. The highest BCUT2D eigenvalue weighted by Gasteiger charge is 2.33. The molecule has 1 atom stereocenters. The molecule has 1 aliphatic heterocycles. The van der Waals surface area contributed by atoms with Crippen molar-refractivity contribution < 1.29 is 19.0 Å². The molecule has 0 aromatic heterocycles. The third-order valence-electron chi connectivity index (χ3n) is 3.14. The Labute approximate surface area is 111 Å². The average Bonchev–Trinajstić information content (AvgIpc) is 2.36. The molecule has 0 amide bonds. The SMILES string of the molecule is CC1(C)CN(c2ccc(F)cc2C=O)CC(CO)O1. The fraction of sp³-hybridized carbons (Fsp3) is 0.500. The molecule has 1 unspecified atom stereocenters. The molecule has 1 aromatic rings. The lowest BCUT2D eigenvalue weighted by Crippen LogP contribution is -2.54. The molecule has 5 heteroatoms. The van der Waals surface area contributed by atoms with Gasteiger partial charge in [-0.3, -0.25) is 4.79 Å². The number of hydrogen-bond acceptors (Lipinski definition) is 4. The number of nitrogens with zero attached hydrogens (tertiary/aromatic N) is 1. The second-order valence-corrected chi connectivity index (χ2v) is 5.38. The topological polar surface area (TPSA) is 49.8 Å². The summed E-state index contributed by atoms with van der Waals surface area (Å²) in [5.41, 5.74) is 0.556. The van der Waals surface area contributed by atoms with Crippen LogP contribution in [-0.2, 0) is 4.74 Å². The summed E-state index contributed by atoms with van der Waals surface area (Å²) in [5.74, 6) is -0.433. The van der Waals surface area contributed by atoms with E-state index in [0.29, 0.717) is 30.6 Å². The van der Waals surface area contributed by atoms with E-state index in [4.69, 9.17) is 4.74 Å². The third-order valence-corrected chi connectivity index (χ3v) is 3.14. The third kappa shape index (κ3) is 3.11. The fourth-order valence-corrected chi connectivity index (χ4v) is 2.48. The van der Waals surface area contributed by atoms with Crippen molar-refractivity contribution in [3.63, 3.8) is 0 Å². The standard InChI is InChI=1S/C14H18FNO3/c1-14(2)9-16(6-12(8-18)19-14)13-4-3-11(15)5-10(13)7-17/h3-5,7,12,18H,6,8-9H2,1-2H3. The summed E-state index contributed by atoms with van der Waals surface area (Å²) in [7, 11) is 0. The van der Waals surface area contributed by atoms with Crippen LogP contribution >= 0.6 is 0 Å². The first kappa shape index (κ1) is 14.0. The molecular formula is C14H18FNO3.